The van der Waals surface area contributed by atoms with Crippen LogP contribution in [0.1, 0.15) is 25.3 Å². The number of aliphatic carboxylic acids is 1. The van der Waals surface area contributed by atoms with Crippen LogP contribution in [-0.2, 0) is 16.0 Å². The highest BCUT2D eigenvalue weighted by Crippen LogP contribution is 2.16. The van der Waals surface area contributed by atoms with Gasteiger partial charge in [0.2, 0.25) is 5.91 Å². The standard InChI is InChI=1S/C14H19NO4/c1-10(5-6-13(15)16)9-19-12-4-2-3-11(7-12)8-14(17)18/h2-4,7,10H,5-6,8-9H2,1H3,(H2,15,16)(H,17,18)/t10-/m0/s1. The minimum Gasteiger partial charge on any atom is -0.493 e. The maximum Gasteiger partial charge on any atom is 0.307 e. The second kappa shape index (κ2) is 7.41. The molecular formula is C14H19NO4. The van der Waals surface area contributed by atoms with Gasteiger partial charge in [0.25, 0.3) is 0 Å². The molecule has 0 radical (unpaired) electrons. The Morgan fingerprint density at radius 1 is 1.42 bits per heavy atom. The van der Waals surface area contributed by atoms with Crippen LogP contribution in [0, 0.1) is 5.92 Å². The third-order valence-corrected chi connectivity index (χ3v) is 2.67. The van der Waals surface area contributed by atoms with Gasteiger partial charge in [-0.2, -0.15) is 0 Å². The summed E-state index contributed by atoms with van der Waals surface area (Å²) in [6.07, 6.45) is 1.02. The Morgan fingerprint density at radius 3 is 2.79 bits per heavy atom. The van der Waals surface area contributed by atoms with Crippen molar-refractivity contribution in [2.24, 2.45) is 11.7 Å². The Hall–Kier alpha value is -2.04. The number of rotatable bonds is 8. The van der Waals surface area contributed by atoms with Gasteiger partial charge in [0.1, 0.15) is 5.75 Å². The number of carbonyl (C=O) groups excluding carboxylic acids is 1. The topological polar surface area (TPSA) is 89.6 Å². The summed E-state index contributed by atoms with van der Waals surface area (Å²) in [5, 5.41) is 8.71. The van der Waals surface area contributed by atoms with Crippen LogP contribution in [0.2, 0.25) is 0 Å². The smallest absolute Gasteiger partial charge is 0.307 e. The number of primary amides is 1. The normalized spacial score (nSPS) is 11.8. The van der Waals surface area contributed by atoms with Crippen molar-refractivity contribution in [3.63, 3.8) is 0 Å². The molecule has 0 aliphatic carbocycles. The van der Waals surface area contributed by atoms with Crippen molar-refractivity contribution in [3.05, 3.63) is 29.8 Å². The molecule has 19 heavy (non-hydrogen) atoms. The van der Waals surface area contributed by atoms with Gasteiger partial charge >= 0.3 is 5.97 Å². The zero-order chi connectivity index (χ0) is 14.3. The van der Waals surface area contributed by atoms with Crippen molar-refractivity contribution in [1.82, 2.24) is 0 Å². The minimum atomic E-state index is -0.869. The number of benzene rings is 1. The van der Waals surface area contributed by atoms with E-state index in [0.717, 1.165) is 0 Å². The van der Waals surface area contributed by atoms with E-state index in [1.165, 1.54) is 0 Å². The van der Waals surface area contributed by atoms with E-state index >= 15 is 0 Å². The lowest BCUT2D eigenvalue weighted by Crippen LogP contribution is -2.15. The molecule has 0 unspecified atom stereocenters. The molecule has 1 aromatic rings. The third kappa shape index (κ3) is 6.45. The first-order chi connectivity index (χ1) is 8.97. The molecule has 0 aliphatic heterocycles. The summed E-state index contributed by atoms with van der Waals surface area (Å²) in [6.45, 7) is 2.45. The highest BCUT2D eigenvalue weighted by atomic mass is 16.5. The lowest BCUT2D eigenvalue weighted by atomic mass is 10.1. The highest BCUT2D eigenvalue weighted by molar-refractivity contribution is 5.73. The van der Waals surface area contributed by atoms with Gasteiger partial charge in [-0.25, -0.2) is 0 Å². The predicted molar refractivity (Wildman–Crippen MR) is 70.9 cm³/mol. The number of carboxylic acids is 1. The van der Waals surface area contributed by atoms with Gasteiger partial charge in [0.05, 0.1) is 13.0 Å². The zero-order valence-corrected chi connectivity index (χ0v) is 11.0. The maximum atomic E-state index is 10.7. The van der Waals surface area contributed by atoms with E-state index in [-0.39, 0.29) is 18.2 Å². The van der Waals surface area contributed by atoms with E-state index in [0.29, 0.717) is 30.8 Å². The lowest BCUT2D eigenvalue weighted by Gasteiger charge is -2.12. The minimum absolute atomic E-state index is 0.0194. The van der Waals surface area contributed by atoms with Gasteiger partial charge in [-0.15, -0.1) is 0 Å². The van der Waals surface area contributed by atoms with Crippen LogP contribution < -0.4 is 10.5 Å². The molecule has 0 aliphatic rings. The van der Waals surface area contributed by atoms with Crippen LogP contribution in [0.3, 0.4) is 0 Å². The van der Waals surface area contributed by atoms with Gasteiger partial charge in [-0.3, -0.25) is 9.59 Å². The largest absolute Gasteiger partial charge is 0.493 e. The highest BCUT2D eigenvalue weighted by Gasteiger charge is 2.06. The molecule has 1 atom stereocenters. The Balaban J connectivity index is 2.44. The van der Waals surface area contributed by atoms with Crippen molar-refractivity contribution in [2.75, 3.05) is 6.61 Å². The number of carboxylic acid groups (broad SMARTS) is 1. The molecule has 5 heteroatoms. The molecule has 0 heterocycles. The first-order valence-corrected chi connectivity index (χ1v) is 6.19. The molecule has 0 fully saturated rings. The number of ether oxygens (including phenoxy) is 1. The quantitative estimate of drug-likeness (QED) is 0.747. The van der Waals surface area contributed by atoms with Crippen molar-refractivity contribution in [2.45, 2.75) is 26.2 Å². The fraction of sp³-hybridized carbons (Fsp3) is 0.429. The Labute approximate surface area is 112 Å². The molecule has 3 N–H and O–H groups in total. The van der Waals surface area contributed by atoms with Crippen LogP contribution >= 0.6 is 0 Å². The molecule has 104 valence electrons. The molecule has 0 saturated carbocycles. The number of hydrogen-bond acceptors (Lipinski definition) is 3. The average molecular weight is 265 g/mol. The second-order valence-electron chi connectivity index (χ2n) is 4.64. The van der Waals surface area contributed by atoms with Crippen molar-refractivity contribution in [3.8, 4) is 5.75 Å². The first kappa shape index (κ1) is 15.0. The molecular weight excluding hydrogens is 246 g/mol. The van der Waals surface area contributed by atoms with Crippen LogP contribution in [0.25, 0.3) is 0 Å². The van der Waals surface area contributed by atoms with Gasteiger partial charge < -0.3 is 15.6 Å². The van der Waals surface area contributed by atoms with Crippen LogP contribution in [0.5, 0.6) is 5.75 Å². The molecule has 5 nitrogen and oxygen atoms in total. The van der Waals surface area contributed by atoms with E-state index in [1.807, 2.05) is 6.92 Å². The third-order valence-electron chi connectivity index (χ3n) is 2.67. The van der Waals surface area contributed by atoms with E-state index in [2.05, 4.69) is 0 Å². The maximum absolute atomic E-state index is 10.7. The monoisotopic (exact) mass is 265 g/mol. The summed E-state index contributed by atoms with van der Waals surface area (Å²) in [4.78, 5) is 21.3. The van der Waals surface area contributed by atoms with Crippen molar-refractivity contribution < 1.29 is 19.4 Å². The zero-order valence-electron chi connectivity index (χ0n) is 11.0. The summed E-state index contributed by atoms with van der Waals surface area (Å²) < 4.78 is 5.58. The number of carbonyl (C=O) groups is 2. The first-order valence-electron chi connectivity index (χ1n) is 6.19. The van der Waals surface area contributed by atoms with Gasteiger partial charge in [-0.05, 0) is 30.0 Å². The summed E-state index contributed by atoms with van der Waals surface area (Å²) in [7, 11) is 0. The Bertz CT molecular complexity index is 445. The predicted octanol–water partition coefficient (Wildman–Crippen LogP) is 1.59. The molecule has 1 amide bonds. The summed E-state index contributed by atoms with van der Waals surface area (Å²) in [5.74, 6) is -0.317. The summed E-state index contributed by atoms with van der Waals surface area (Å²) in [6, 6.07) is 7.01. The van der Waals surface area contributed by atoms with Gasteiger partial charge in [-0.1, -0.05) is 19.1 Å². The van der Waals surface area contributed by atoms with Gasteiger partial charge in [0.15, 0.2) is 0 Å². The molecule has 0 saturated heterocycles. The molecule has 1 aromatic carbocycles. The molecule has 0 spiro atoms. The number of hydrogen-bond donors (Lipinski definition) is 2. The molecule has 0 bridgehead atoms. The second-order valence-corrected chi connectivity index (χ2v) is 4.64. The molecule has 0 aromatic heterocycles. The fourth-order valence-corrected chi connectivity index (χ4v) is 1.63. The SMILES string of the molecule is C[C@@H](CCC(N)=O)COc1cccc(CC(=O)O)c1. The van der Waals surface area contributed by atoms with Crippen LogP contribution in [0.4, 0.5) is 0 Å². The van der Waals surface area contributed by atoms with Gasteiger partial charge in [0, 0.05) is 6.42 Å². The van der Waals surface area contributed by atoms with Crippen molar-refractivity contribution >= 4 is 11.9 Å². The number of nitrogens with two attached hydrogens (primary N) is 1. The Kier molecular flexibility index (Phi) is 5.85. The lowest BCUT2D eigenvalue weighted by molar-refractivity contribution is -0.136. The molecule has 1 rings (SSSR count). The van der Waals surface area contributed by atoms with Crippen LogP contribution in [0.15, 0.2) is 24.3 Å². The Morgan fingerprint density at radius 2 is 2.16 bits per heavy atom. The summed E-state index contributed by atoms with van der Waals surface area (Å²) in [5.41, 5.74) is 5.78. The van der Waals surface area contributed by atoms with E-state index < -0.39 is 5.97 Å². The summed E-state index contributed by atoms with van der Waals surface area (Å²) >= 11 is 0. The fourth-order valence-electron chi connectivity index (χ4n) is 1.63. The average Bonchev–Trinajstić information content (AvgIpc) is 2.33. The van der Waals surface area contributed by atoms with E-state index in [1.54, 1.807) is 24.3 Å². The van der Waals surface area contributed by atoms with Crippen LogP contribution in [-0.4, -0.2) is 23.6 Å². The van der Waals surface area contributed by atoms with Crippen molar-refractivity contribution in [1.29, 1.82) is 0 Å². The van der Waals surface area contributed by atoms with E-state index in [9.17, 15) is 9.59 Å². The van der Waals surface area contributed by atoms with E-state index in [4.69, 9.17) is 15.6 Å². The number of amides is 1.